The van der Waals surface area contributed by atoms with E-state index in [2.05, 4.69) is 22.2 Å². The summed E-state index contributed by atoms with van der Waals surface area (Å²) < 4.78 is 1.37. The zero-order chi connectivity index (χ0) is 12.5. The lowest BCUT2D eigenvalue weighted by Crippen LogP contribution is -2.40. The van der Waals surface area contributed by atoms with Gasteiger partial charge in [-0.3, -0.25) is 4.98 Å². The molecule has 0 aromatic carbocycles. The SMILES string of the molecule is CC1CCN(C(=O)n2nnc3cnccc32)CC1. The molecule has 0 aliphatic carbocycles. The van der Waals surface area contributed by atoms with Crippen LogP contribution < -0.4 is 0 Å². The lowest BCUT2D eigenvalue weighted by Gasteiger charge is -2.29. The highest BCUT2D eigenvalue weighted by molar-refractivity contribution is 5.87. The molecule has 94 valence electrons. The van der Waals surface area contributed by atoms with Crippen LogP contribution in [0.15, 0.2) is 18.5 Å². The zero-order valence-corrected chi connectivity index (χ0v) is 10.3. The Labute approximate surface area is 105 Å². The Morgan fingerprint density at radius 3 is 2.94 bits per heavy atom. The number of fused-ring (bicyclic) bond motifs is 1. The quantitative estimate of drug-likeness (QED) is 0.706. The van der Waals surface area contributed by atoms with E-state index in [-0.39, 0.29) is 6.03 Å². The largest absolute Gasteiger partial charge is 0.346 e. The number of likely N-dealkylation sites (tertiary alicyclic amines) is 1. The summed E-state index contributed by atoms with van der Waals surface area (Å²) in [7, 11) is 0. The number of pyridine rings is 1. The van der Waals surface area contributed by atoms with Gasteiger partial charge in [0.2, 0.25) is 0 Å². The van der Waals surface area contributed by atoms with E-state index in [1.165, 1.54) is 4.68 Å². The number of aromatic nitrogens is 4. The van der Waals surface area contributed by atoms with Gasteiger partial charge in [0, 0.05) is 19.3 Å². The summed E-state index contributed by atoms with van der Waals surface area (Å²) in [6.07, 6.45) is 5.37. The van der Waals surface area contributed by atoms with Crippen LogP contribution in [0, 0.1) is 5.92 Å². The van der Waals surface area contributed by atoms with Crippen molar-refractivity contribution in [2.45, 2.75) is 19.8 Å². The average molecular weight is 245 g/mol. The minimum atomic E-state index is -0.0874. The fourth-order valence-corrected chi connectivity index (χ4v) is 2.25. The molecule has 0 atom stereocenters. The summed E-state index contributed by atoms with van der Waals surface area (Å²) >= 11 is 0. The number of rotatable bonds is 0. The molecule has 1 saturated heterocycles. The van der Waals surface area contributed by atoms with Crippen LogP contribution in [0.3, 0.4) is 0 Å². The van der Waals surface area contributed by atoms with Gasteiger partial charge in [-0.15, -0.1) is 5.10 Å². The van der Waals surface area contributed by atoms with Gasteiger partial charge in [-0.25, -0.2) is 4.79 Å². The van der Waals surface area contributed by atoms with Crippen LogP contribution in [0.5, 0.6) is 0 Å². The Morgan fingerprint density at radius 1 is 1.39 bits per heavy atom. The number of hydrogen-bond donors (Lipinski definition) is 0. The van der Waals surface area contributed by atoms with Crippen LogP contribution in [0.25, 0.3) is 11.0 Å². The third kappa shape index (κ3) is 1.83. The van der Waals surface area contributed by atoms with Gasteiger partial charge in [-0.1, -0.05) is 12.1 Å². The van der Waals surface area contributed by atoms with Crippen LogP contribution in [-0.4, -0.2) is 44.0 Å². The second-order valence-corrected chi connectivity index (χ2v) is 4.82. The van der Waals surface area contributed by atoms with Crippen LogP contribution in [0.1, 0.15) is 19.8 Å². The predicted molar refractivity (Wildman–Crippen MR) is 66.1 cm³/mol. The Morgan fingerprint density at radius 2 is 2.17 bits per heavy atom. The fraction of sp³-hybridized carbons (Fsp3) is 0.500. The number of nitrogens with zero attached hydrogens (tertiary/aromatic N) is 5. The third-order valence-electron chi connectivity index (χ3n) is 3.48. The van der Waals surface area contributed by atoms with Gasteiger partial charge in [0.25, 0.3) is 0 Å². The van der Waals surface area contributed by atoms with Crippen molar-refractivity contribution in [2.75, 3.05) is 13.1 Å². The van der Waals surface area contributed by atoms with E-state index in [0.29, 0.717) is 17.0 Å². The third-order valence-corrected chi connectivity index (χ3v) is 3.48. The first kappa shape index (κ1) is 11.1. The van der Waals surface area contributed by atoms with E-state index >= 15 is 0 Å². The number of amides is 1. The highest BCUT2D eigenvalue weighted by Crippen LogP contribution is 2.17. The minimum absolute atomic E-state index is 0.0874. The van der Waals surface area contributed by atoms with Gasteiger partial charge in [-0.2, -0.15) is 4.68 Å². The van der Waals surface area contributed by atoms with Crippen molar-refractivity contribution in [3.8, 4) is 0 Å². The summed E-state index contributed by atoms with van der Waals surface area (Å²) in [5, 5.41) is 7.88. The van der Waals surface area contributed by atoms with E-state index in [1.807, 2.05) is 4.90 Å². The van der Waals surface area contributed by atoms with Crippen molar-refractivity contribution in [3.63, 3.8) is 0 Å². The minimum Gasteiger partial charge on any atom is -0.323 e. The molecule has 0 radical (unpaired) electrons. The van der Waals surface area contributed by atoms with Crippen LogP contribution in [-0.2, 0) is 0 Å². The molecular formula is C12H15N5O. The maximum absolute atomic E-state index is 12.3. The van der Waals surface area contributed by atoms with Crippen LogP contribution in [0.2, 0.25) is 0 Å². The van der Waals surface area contributed by atoms with Crippen LogP contribution in [0.4, 0.5) is 4.79 Å². The molecular weight excluding hydrogens is 230 g/mol. The number of hydrogen-bond acceptors (Lipinski definition) is 4. The first-order chi connectivity index (χ1) is 8.75. The van der Waals surface area contributed by atoms with Crippen molar-refractivity contribution in [3.05, 3.63) is 18.5 Å². The summed E-state index contributed by atoms with van der Waals surface area (Å²) in [5.41, 5.74) is 1.37. The first-order valence-electron chi connectivity index (χ1n) is 6.20. The van der Waals surface area contributed by atoms with Gasteiger partial charge in [0.05, 0.1) is 6.20 Å². The van der Waals surface area contributed by atoms with E-state index in [4.69, 9.17) is 0 Å². The molecule has 1 aliphatic rings. The number of carbonyl (C=O) groups is 1. The second kappa shape index (κ2) is 4.36. The van der Waals surface area contributed by atoms with E-state index in [0.717, 1.165) is 25.9 Å². The molecule has 0 unspecified atom stereocenters. The molecule has 0 bridgehead atoms. The molecule has 0 saturated carbocycles. The molecule has 1 fully saturated rings. The molecule has 0 spiro atoms. The summed E-state index contributed by atoms with van der Waals surface area (Å²) in [4.78, 5) is 18.2. The summed E-state index contributed by atoms with van der Waals surface area (Å²) in [6.45, 7) is 3.82. The van der Waals surface area contributed by atoms with Crippen molar-refractivity contribution >= 4 is 17.1 Å². The van der Waals surface area contributed by atoms with Crippen molar-refractivity contribution in [1.29, 1.82) is 0 Å². The van der Waals surface area contributed by atoms with Crippen molar-refractivity contribution < 1.29 is 4.79 Å². The highest BCUT2D eigenvalue weighted by atomic mass is 16.2. The molecule has 2 aromatic rings. The maximum atomic E-state index is 12.3. The molecule has 6 heteroatoms. The van der Waals surface area contributed by atoms with Crippen molar-refractivity contribution in [1.82, 2.24) is 24.9 Å². The highest BCUT2D eigenvalue weighted by Gasteiger charge is 2.23. The normalized spacial score (nSPS) is 17.3. The Kier molecular flexibility index (Phi) is 2.70. The molecule has 1 amide bonds. The fourth-order valence-electron chi connectivity index (χ4n) is 2.25. The van der Waals surface area contributed by atoms with Gasteiger partial charge in [0.1, 0.15) is 11.0 Å². The van der Waals surface area contributed by atoms with Gasteiger partial charge < -0.3 is 4.90 Å². The summed E-state index contributed by atoms with van der Waals surface area (Å²) in [6, 6.07) is 1.68. The second-order valence-electron chi connectivity index (χ2n) is 4.82. The van der Waals surface area contributed by atoms with E-state index in [1.54, 1.807) is 18.5 Å². The molecule has 1 aliphatic heterocycles. The smallest absolute Gasteiger partial charge is 0.323 e. The molecule has 6 nitrogen and oxygen atoms in total. The lowest BCUT2D eigenvalue weighted by atomic mass is 10.00. The van der Waals surface area contributed by atoms with Gasteiger partial charge in [0.15, 0.2) is 0 Å². The molecule has 0 N–H and O–H groups in total. The van der Waals surface area contributed by atoms with E-state index < -0.39 is 0 Å². The average Bonchev–Trinajstić information content (AvgIpc) is 2.82. The monoisotopic (exact) mass is 245 g/mol. The standard InChI is InChI=1S/C12H15N5O/c1-9-3-6-16(7-4-9)12(18)17-11-2-5-13-8-10(11)14-15-17/h2,5,8-9H,3-4,6-7H2,1H3. The first-order valence-corrected chi connectivity index (χ1v) is 6.20. The summed E-state index contributed by atoms with van der Waals surface area (Å²) in [5.74, 6) is 0.700. The predicted octanol–water partition coefficient (Wildman–Crippen LogP) is 1.53. The topological polar surface area (TPSA) is 63.9 Å². The van der Waals surface area contributed by atoms with Crippen molar-refractivity contribution in [2.24, 2.45) is 5.92 Å². The Bertz CT molecular complexity index is 571. The van der Waals surface area contributed by atoms with E-state index in [9.17, 15) is 4.79 Å². The Hall–Kier alpha value is -1.98. The van der Waals surface area contributed by atoms with Gasteiger partial charge >= 0.3 is 6.03 Å². The zero-order valence-electron chi connectivity index (χ0n) is 10.3. The van der Waals surface area contributed by atoms with Crippen LogP contribution >= 0.6 is 0 Å². The number of carbonyl (C=O) groups excluding carboxylic acids is 1. The molecule has 3 rings (SSSR count). The number of piperidine rings is 1. The molecule has 2 aromatic heterocycles. The lowest BCUT2D eigenvalue weighted by molar-refractivity contribution is 0.173. The molecule has 3 heterocycles. The maximum Gasteiger partial charge on any atom is 0.346 e. The Balaban J connectivity index is 1.88. The van der Waals surface area contributed by atoms with Gasteiger partial charge in [-0.05, 0) is 24.8 Å². The molecule has 18 heavy (non-hydrogen) atoms.